The number of nitrogens with zero attached hydrogens (tertiary/aromatic N) is 1. The molecule has 1 aliphatic heterocycles. The van der Waals surface area contributed by atoms with Crippen LogP contribution in [-0.4, -0.2) is 42.9 Å². The molecule has 2 amide bonds. The molecule has 0 aromatic rings. The van der Waals surface area contributed by atoms with Gasteiger partial charge in [0.05, 0.1) is 0 Å². The lowest BCUT2D eigenvalue weighted by Gasteiger charge is -2.30. The van der Waals surface area contributed by atoms with Gasteiger partial charge >= 0.3 is 0 Å². The number of hydrogen-bond acceptors (Lipinski definition) is 3. The molecule has 0 unspecified atom stereocenters. The molecule has 0 aromatic heterocycles. The molecule has 1 saturated heterocycles. The Morgan fingerprint density at radius 1 is 1.47 bits per heavy atom. The Balaban J connectivity index is 2.61. The lowest BCUT2D eigenvalue weighted by molar-refractivity contribution is -0.135. The van der Waals surface area contributed by atoms with Gasteiger partial charge in [-0.05, 0) is 12.0 Å². The van der Waals surface area contributed by atoms with Gasteiger partial charge in [0.25, 0.3) is 0 Å². The molecule has 5 heteroatoms. The fourth-order valence-electron chi connectivity index (χ4n) is 1.52. The van der Waals surface area contributed by atoms with Crippen molar-refractivity contribution in [1.29, 1.82) is 0 Å². The Labute approximate surface area is 90.0 Å². The van der Waals surface area contributed by atoms with Gasteiger partial charge in [0, 0.05) is 19.6 Å². The maximum absolute atomic E-state index is 11.6. The summed E-state index contributed by atoms with van der Waals surface area (Å²) in [6.45, 7) is 6.27. The molecule has 0 bridgehead atoms. The van der Waals surface area contributed by atoms with Crippen LogP contribution >= 0.6 is 0 Å². The third kappa shape index (κ3) is 3.51. The van der Waals surface area contributed by atoms with E-state index in [1.165, 1.54) is 0 Å². The molecule has 3 N–H and O–H groups in total. The first kappa shape index (κ1) is 12.0. The molecule has 86 valence electrons. The Morgan fingerprint density at radius 3 is 2.73 bits per heavy atom. The van der Waals surface area contributed by atoms with E-state index in [9.17, 15) is 9.59 Å². The van der Waals surface area contributed by atoms with Gasteiger partial charge in [-0.25, -0.2) is 0 Å². The predicted octanol–water partition coefficient (Wildman–Crippen LogP) is -0.680. The summed E-state index contributed by atoms with van der Waals surface area (Å²) in [5.74, 6) is -0.292. The van der Waals surface area contributed by atoms with E-state index in [0.717, 1.165) is 0 Å². The van der Waals surface area contributed by atoms with Crippen molar-refractivity contribution < 1.29 is 9.59 Å². The number of carbonyl (C=O) groups excluding carboxylic acids is 2. The van der Waals surface area contributed by atoms with Crippen molar-refractivity contribution in [3.05, 3.63) is 0 Å². The Hall–Kier alpha value is -1.10. The highest BCUT2D eigenvalue weighted by Crippen LogP contribution is 2.15. The molecule has 0 radical (unpaired) electrons. The van der Waals surface area contributed by atoms with E-state index in [0.29, 0.717) is 26.2 Å². The summed E-state index contributed by atoms with van der Waals surface area (Å²) in [6, 6.07) is 0. The molecular formula is C10H19N3O2. The number of rotatable bonds is 3. The maximum Gasteiger partial charge on any atom is 0.232 e. The molecule has 5 nitrogen and oxygen atoms in total. The van der Waals surface area contributed by atoms with Gasteiger partial charge in [-0.2, -0.15) is 0 Å². The fourth-order valence-corrected chi connectivity index (χ4v) is 1.52. The smallest absolute Gasteiger partial charge is 0.232 e. The van der Waals surface area contributed by atoms with Gasteiger partial charge in [-0.3, -0.25) is 9.59 Å². The molecule has 0 atom stereocenters. The summed E-state index contributed by atoms with van der Waals surface area (Å²) in [5, 5.41) is 2.68. The summed E-state index contributed by atoms with van der Waals surface area (Å²) < 4.78 is 0. The highest BCUT2D eigenvalue weighted by Gasteiger charge is 2.26. The Kier molecular flexibility index (Phi) is 3.68. The van der Waals surface area contributed by atoms with E-state index < -0.39 is 0 Å². The molecule has 0 spiro atoms. The van der Waals surface area contributed by atoms with Crippen LogP contribution in [0.25, 0.3) is 0 Å². The zero-order valence-electron chi connectivity index (χ0n) is 9.38. The summed E-state index contributed by atoms with van der Waals surface area (Å²) >= 11 is 0. The first-order valence-electron chi connectivity index (χ1n) is 5.19. The van der Waals surface area contributed by atoms with Crippen molar-refractivity contribution in [3.63, 3.8) is 0 Å². The van der Waals surface area contributed by atoms with Crippen molar-refractivity contribution >= 4 is 11.8 Å². The molecule has 0 aromatic carbocycles. The van der Waals surface area contributed by atoms with Crippen molar-refractivity contribution in [2.75, 3.05) is 26.2 Å². The summed E-state index contributed by atoms with van der Waals surface area (Å²) in [5.41, 5.74) is 5.52. The summed E-state index contributed by atoms with van der Waals surface area (Å²) in [7, 11) is 0. The molecule has 1 fully saturated rings. The summed E-state index contributed by atoms with van der Waals surface area (Å²) in [4.78, 5) is 24.4. The highest BCUT2D eigenvalue weighted by atomic mass is 16.2. The van der Waals surface area contributed by atoms with E-state index in [1.807, 2.05) is 13.8 Å². The standard InChI is InChI=1S/C10H19N3O2/c1-10(2,6-11)7-13-4-3-12-8(14)5-9(13)15/h3-7,11H2,1-2H3,(H,12,14). The lowest BCUT2D eigenvalue weighted by Crippen LogP contribution is -2.42. The van der Waals surface area contributed by atoms with Crippen LogP contribution < -0.4 is 11.1 Å². The lowest BCUT2D eigenvalue weighted by atomic mass is 9.93. The van der Waals surface area contributed by atoms with Crippen LogP contribution in [0, 0.1) is 5.41 Å². The van der Waals surface area contributed by atoms with Gasteiger partial charge in [0.2, 0.25) is 11.8 Å². The van der Waals surface area contributed by atoms with Crippen LogP contribution in [-0.2, 0) is 9.59 Å². The van der Waals surface area contributed by atoms with Crippen LogP contribution in [0.4, 0.5) is 0 Å². The Morgan fingerprint density at radius 2 is 2.13 bits per heavy atom. The summed E-state index contributed by atoms with van der Waals surface area (Å²) in [6.07, 6.45) is -0.0410. The number of hydrogen-bond donors (Lipinski definition) is 2. The second-order valence-electron chi connectivity index (χ2n) is 4.71. The minimum Gasteiger partial charge on any atom is -0.354 e. The zero-order chi connectivity index (χ0) is 11.5. The van der Waals surface area contributed by atoms with E-state index in [4.69, 9.17) is 5.73 Å². The second kappa shape index (κ2) is 4.61. The van der Waals surface area contributed by atoms with Gasteiger partial charge < -0.3 is 16.0 Å². The van der Waals surface area contributed by atoms with Gasteiger partial charge in [0.15, 0.2) is 0 Å². The van der Waals surface area contributed by atoms with E-state index in [1.54, 1.807) is 4.90 Å². The van der Waals surface area contributed by atoms with Crippen LogP contribution in [0.2, 0.25) is 0 Å². The SMILES string of the molecule is CC(C)(CN)CN1CCNC(=O)CC1=O. The minimum atomic E-state index is -0.187. The van der Waals surface area contributed by atoms with Crippen LogP contribution in [0.5, 0.6) is 0 Å². The molecule has 15 heavy (non-hydrogen) atoms. The molecule has 1 rings (SSSR count). The average Bonchev–Trinajstić information content (AvgIpc) is 2.29. The predicted molar refractivity (Wildman–Crippen MR) is 57.0 cm³/mol. The fraction of sp³-hybridized carbons (Fsp3) is 0.800. The number of carbonyl (C=O) groups is 2. The van der Waals surface area contributed by atoms with E-state index >= 15 is 0 Å². The molecule has 1 heterocycles. The van der Waals surface area contributed by atoms with E-state index in [-0.39, 0.29) is 23.7 Å². The van der Waals surface area contributed by atoms with Gasteiger partial charge in [-0.1, -0.05) is 13.8 Å². The zero-order valence-corrected chi connectivity index (χ0v) is 9.38. The first-order chi connectivity index (χ1) is 6.94. The largest absolute Gasteiger partial charge is 0.354 e. The third-order valence-electron chi connectivity index (χ3n) is 2.54. The maximum atomic E-state index is 11.6. The van der Waals surface area contributed by atoms with Crippen LogP contribution in [0.15, 0.2) is 0 Å². The topological polar surface area (TPSA) is 75.4 Å². The first-order valence-corrected chi connectivity index (χ1v) is 5.19. The van der Waals surface area contributed by atoms with Crippen LogP contribution in [0.1, 0.15) is 20.3 Å². The average molecular weight is 213 g/mol. The molecule has 0 aliphatic carbocycles. The molecule has 1 aliphatic rings. The third-order valence-corrected chi connectivity index (χ3v) is 2.54. The second-order valence-corrected chi connectivity index (χ2v) is 4.71. The molecular weight excluding hydrogens is 194 g/mol. The monoisotopic (exact) mass is 213 g/mol. The van der Waals surface area contributed by atoms with Crippen molar-refractivity contribution in [3.8, 4) is 0 Å². The quantitative estimate of drug-likeness (QED) is 0.610. The van der Waals surface area contributed by atoms with Crippen molar-refractivity contribution in [2.45, 2.75) is 20.3 Å². The van der Waals surface area contributed by atoms with Crippen molar-refractivity contribution in [2.24, 2.45) is 11.1 Å². The Bertz CT molecular complexity index is 263. The molecule has 0 saturated carbocycles. The van der Waals surface area contributed by atoms with Gasteiger partial charge in [-0.15, -0.1) is 0 Å². The normalized spacial score (nSPS) is 18.7. The minimum absolute atomic E-state index is 0.0410. The van der Waals surface area contributed by atoms with E-state index in [2.05, 4.69) is 5.32 Å². The van der Waals surface area contributed by atoms with Crippen molar-refractivity contribution in [1.82, 2.24) is 10.2 Å². The van der Waals surface area contributed by atoms with Crippen LogP contribution in [0.3, 0.4) is 0 Å². The number of nitrogens with one attached hydrogen (secondary N) is 1. The number of nitrogens with two attached hydrogens (primary N) is 1. The number of amides is 2. The van der Waals surface area contributed by atoms with Gasteiger partial charge in [0.1, 0.15) is 6.42 Å². The highest BCUT2D eigenvalue weighted by molar-refractivity contribution is 5.97.